The van der Waals surface area contributed by atoms with Crippen molar-refractivity contribution >= 4 is 5.69 Å². The highest BCUT2D eigenvalue weighted by atomic mass is 16.5. The molecule has 0 fully saturated rings. The van der Waals surface area contributed by atoms with E-state index < -0.39 is 0 Å². The molecule has 0 amide bonds. The van der Waals surface area contributed by atoms with Crippen molar-refractivity contribution in [3.8, 4) is 17.6 Å². The molecular weight excluding hydrogens is 242 g/mol. The number of hydrogen-bond acceptors (Lipinski definition) is 5. The van der Waals surface area contributed by atoms with Crippen molar-refractivity contribution in [2.24, 2.45) is 0 Å². The minimum atomic E-state index is 0.0673. The summed E-state index contributed by atoms with van der Waals surface area (Å²) in [6.45, 7) is 3.89. The lowest BCUT2D eigenvalue weighted by molar-refractivity contribution is 0.229. The molecule has 0 aliphatic heterocycles. The van der Waals surface area contributed by atoms with Crippen LogP contribution in [0.15, 0.2) is 36.5 Å². The van der Waals surface area contributed by atoms with Crippen molar-refractivity contribution in [1.29, 1.82) is 0 Å². The molecule has 0 saturated heterocycles. The molecule has 0 aliphatic carbocycles. The maximum atomic E-state index is 5.57. The van der Waals surface area contributed by atoms with Gasteiger partial charge >= 0.3 is 6.01 Å². The van der Waals surface area contributed by atoms with Crippen LogP contribution in [0.25, 0.3) is 0 Å². The number of hydrogen-bond donors (Lipinski definition) is 1. The Bertz CT molecular complexity index is 526. The van der Waals surface area contributed by atoms with Crippen LogP contribution in [0.2, 0.25) is 0 Å². The second kappa shape index (κ2) is 6.04. The highest BCUT2D eigenvalue weighted by Crippen LogP contribution is 2.21. The quantitative estimate of drug-likeness (QED) is 0.894. The van der Waals surface area contributed by atoms with Crippen molar-refractivity contribution in [2.75, 3.05) is 12.4 Å². The van der Waals surface area contributed by atoms with E-state index in [-0.39, 0.29) is 12.1 Å². The van der Waals surface area contributed by atoms with Gasteiger partial charge in [0.05, 0.1) is 6.10 Å². The lowest BCUT2D eigenvalue weighted by Gasteiger charge is -2.09. The first kappa shape index (κ1) is 13.1. The first-order valence-corrected chi connectivity index (χ1v) is 6.13. The molecule has 5 heteroatoms. The second-order valence-corrected chi connectivity index (χ2v) is 4.22. The molecule has 1 N–H and O–H groups in total. The van der Waals surface area contributed by atoms with E-state index in [0.717, 1.165) is 5.69 Å². The predicted octanol–water partition coefficient (Wildman–Crippen LogP) is 3.10. The van der Waals surface area contributed by atoms with Gasteiger partial charge in [-0.05, 0) is 38.1 Å². The fourth-order valence-electron chi connectivity index (χ4n) is 1.48. The van der Waals surface area contributed by atoms with Gasteiger partial charge in [0, 0.05) is 25.0 Å². The number of rotatable bonds is 5. The van der Waals surface area contributed by atoms with Crippen molar-refractivity contribution in [3.05, 3.63) is 36.5 Å². The Morgan fingerprint density at radius 2 is 1.84 bits per heavy atom. The SMILES string of the molecule is CNc1ccc(Oc2nccc(OC(C)C)n2)cc1. The normalized spacial score (nSPS) is 10.3. The number of anilines is 1. The van der Waals surface area contributed by atoms with E-state index in [1.165, 1.54) is 0 Å². The van der Waals surface area contributed by atoms with E-state index in [9.17, 15) is 0 Å². The zero-order chi connectivity index (χ0) is 13.7. The van der Waals surface area contributed by atoms with Crippen LogP contribution < -0.4 is 14.8 Å². The van der Waals surface area contributed by atoms with E-state index in [0.29, 0.717) is 11.6 Å². The smallest absolute Gasteiger partial charge is 0.325 e. The zero-order valence-electron chi connectivity index (χ0n) is 11.3. The second-order valence-electron chi connectivity index (χ2n) is 4.22. The van der Waals surface area contributed by atoms with Gasteiger partial charge in [-0.3, -0.25) is 0 Å². The minimum Gasteiger partial charge on any atom is -0.475 e. The maximum absolute atomic E-state index is 5.57. The minimum absolute atomic E-state index is 0.0673. The Morgan fingerprint density at radius 3 is 2.47 bits per heavy atom. The number of ether oxygens (including phenoxy) is 2. The summed E-state index contributed by atoms with van der Waals surface area (Å²) in [7, 11) is 1.87. The van der Waals surface area contributed by atoms with E-state index in [4.69, 9.17) is 9.47 Å². The topological polar surface area (TPSA) is 56.3 Å². The van der Waals surface area contributed by atoms with Crippen LogP contribution in [0, 0.1) is 0 Å². The Balaban J connectivity index is 2.09. The van der Waals surface area contributed by atoms with Crippen molar-refractivity contribution in [3.63, 3.8) is 0 Å². The summed E-state index contributed by atoms with van der Waals surface area (Å²) in [5.41, 5.74) is 1.02. The van der Waals surface area contributed by atoms with Gasteiger partial charge in [0.1, 0.15) is 5.75 Å². The Labute approximate surface area is 112 Å². The van der Waals surface area contributed by atoms with Gasteiger partial charge in [-0.1, -0.05) is 0 Å². The van der Waals surface area contributed by atoms with Crippen LogP contribution in [0.4, 0.5) is 5.69 Å². The van der Waals surface area contributed by atoms with E-state index in [1.54, 1.807) is 12.3 Å². The van der Waals surface area contributed by atoms with Crippen LogP contribution in [-0.4, -0.2) is 23.1 Å². The third-order valence-electron chi connectivity index (χ3n) is 2.32. The lowest BCUT2D eigenvalue weighted by atomic mass is 10.3. The van der Waals surface area contributed by atoms with Crippen LogP contribution in [0.3, 0.4) is 0 Å². The van der Waals surface area contributed by atoms with Gasteiger partial charge in [-0.2, -0.15) is 4.98 Å². The number of aromatic nitrogens is 2. The summed E-state index contributed by atoms with van der Waals surface area (Å²) in [4.78, 5) is 8.24. The average Bonchev–Trinajstić information content (AvgIpc) is 2.39. The fourth-order valence-corrected chi connectivity index (χ4v) is 1.48. The van der Waals surface area contributed by atoms with Crippen LogP contribution in [-0.2, 0) is 0 Å². The summed E-state index contributed by atoms with van der Waals surface area (Å²) >= 11 is 0. The summed E-state index contributed by atoms with van der Waals surface area (Å²) in [6.07, 6.45) is 1.68. The van der Waals surface area contributed by atoms with E-state index >= 15 is 0 Å². The molecule has 1 aromatic carbocycles. The molecular formula is C14H17N3O2. The number of nitrogens with one attached hydrogen (secondary N) is 1. The molecule has 0 atom stereocenters. The molecule has 0 saturated carbocycles. The molecule has 0 spiro atoms. The molecule has 5 nitrogen and oxygen atoms in total. The first-order chi connectivity index (χ1) is 9.17. The lowest BCUT2D eigenvalue weighted by Crippen LogP contribution is -2.07. The van der Waals surface area contributed by atoms with Gasteiger partial charge in [0.15, 0.2) is 0 Å². The monoisotopic (exact) mass is 259 g/mol. The number of nitrogens with zero attached hydrogens (tertiary/aromatic N) is 2. The third-order valence-corrected chi connectivity index (χ3v) is 2.32. The molecule has 0 aliphatic rings. The summed E-state index contributed by atoms with van der Waals surface area (Å²) in [5.74, 6) is 1.19. The highest BCUT2D eigenvalue weighted by Gasteiger charge is 2.04. The van der Waals surface area contributed by atoms with Crippen LogP contribution in [0.5, 0.6) is 17.6 Å². The molecule has 0 unspecified atom stereocenters. The van der Waals surface area contributed by atoms with Crippen molar-refractivity contribution in [1.82, 2.24) is 9.97 Å². The highest BCUT2D eigenvalue weighted by molar-refractivity contribution is 5.46. The van der Waals surface area contributed by atoms with Crippen LogP contribution in [0.1, 0.15) is 13.8 Å². The standard InChI is InChI=1S/C14H17N3O2/c1-10(2)18-13-8-9-16-14(17-13)19-12-6-4-11(15-3)5-7-12/h4-10,15H,1-3H3. The van der Waals surface area contributed by atoms with Crippen molar-refractivity contribution in [2.45, 2.75) is 20.0 Å². The van der Waals surface area contributed by atoms with Crippen LogP contribution >= 0.6 is 0 Å². The average molecular weight is 259 g/mol. The largest absolute Gasteiger partial charge is 0.475 e. The number of benzene rings is 1. The van der Waals surface area contributed by atoms with Crippen molar-refractivity contribution < 1.29 is 9.47 Å². The molecule has 19 heavy (non-hydrogen) atoms. The maximum Gasteiger partial charge on any atom is 0.325 e. The summed E-state index contributed by atoms with van der Waals surface area (Å²) in [6, 6.07) is 9.52. The Hall–Kier alpha value is -2.30. The third kappa shape index (κ3) is 3.84. The predicted molar refractivity (Wildman–Crippen MR) is 73.9 cm³/mol. The van der Waals surface area contributed by atoms with E-state index in [2.05, 4.69) is 15.3 Å². The Kier molecular flexibility index (Phi) is 4.18. The molecule has 1 heterocycles. The Morgan fingerprint density at radius 1 is 1.11 bits per heavy atom. The fraction of sp³-hybridized carbons (Fsp3) is 0.286. The van der Waals surface area contributed by atoms with Gasteiger partial charge < -0.3 is 14.8 Å². The summed E-state index contributed by atoms with van der Waals surface area (Å²) < 4.78 is 11.1. The van der Waals surface area contributed by atoms with E-state index in [1.807, 2.05) is 45.2 Å². The van der Waals surface area contributed by atoms with Gasteiger partial charge in [-0.25, -0.2) is 4.98 Å². The summed E-state index contributed by atoms with van der Waals surface area (Å²) in [5, 5.41) is 3.04. The molecule has 0 bridgehead atoms. The molecule has 1 aromatic heterocycles. The molecule has 100 valence electrons. The van der Waals surface area contributed by atoms with Gasteiger partial charge in [0.25, 0.3) is 0 Å². The molecule has 2 rings (SSSR count). The first-order valence-electron chi connectivity index (χ1n) is 6.13. The molecule has 0 radical (unpaired) electrons. The zero-order valence-corrected chi connectivity index (χ0v) is 11.3. The van der Waals surface area contributed by atoms with Gasteiger partial charge in [-0.15, -0.1) is 0 Å². The molecule has 2 aromatic rings. The van der Waals surface area contributed by atoms with Gasteiger partial charge in [0.2, 0.25) is 5.88 Å².